The Morgan fingerprint density at radius 3 is 2.43 bits per heavy atom. The van der Waals surface area contributed by atoms with E-state index in [0.717, 1.165) is 38.5 Å². The van der Waals surface area contributed by atoms with Crippen molar-refractivity contribution in [1.82, 2.24) is 0 Å². The smallest absolute Gasteiger partial charge is 0.129 e. The van der Waals surface area contributed by atoms with Crippen LogP contribution < -0.4 is 0 Å². The average Bonchev–Trinajstić information content (AvgIpc) is 2.50. The molecule has 0 aromatic heterocycles. The zero-order valence-electron chi connectivity index (χ0n) is 14.8. The molecular weight excluding hydrogens is 372 g/mol. The number of halogens is 1. The first-order valence-electron chi connectivity index (χ1n) is 9.13. The second-order valence-electron chi connectivity index (χ2n) is 6.47. The first-order valence-corrected chi connectivity index (χ1v) is 10.6. The topological polar surface area (TPSA) is 37.3 Å². The van der Waals surface area contributed by atoms with Gasteiger partial charge in [-0.25, -0.2) is 0 Å². The number of thiol groups is 1. The maximum atomic E-state index is 10.8. The van der Waals surface area contributed by atoms with Crippen molar-refractivity contribution < 1.29 is 9.90 Å². The van der Waals surface area contributed by atoms with Crippen LogP contribution in [-0.4, -0.2) is 27.1 Å². The third-order valence-corrected chi connectivity index (χ3v) is 5.39. The van der Waals surface area contributed by atoms with Crippen molar-refractivity contribution in [2.24, 2.45) is 0 Å². The first-order chi connectivity index (χ1) is 11.0. The van der Waals surface area contributed by atoms with Crippen molar-refractivity contribution >= 4 is 34.3 Å². The van der Waals surface area contributed by atoms with Crippen LogP contribution in [-0.2, 0) is 4.79 Å². The number of ketones is 1. The highest BCUT2D eigenvalue weighted by Gasteiger charge is 2.13. The number of carbonyl (C=O) groups is 1. The molecule has 0 radical (unpaired) electrons. The first kappa shape index (κ1) is 23.2. The van der Waals surface area contributed by atoms with Crippen LogP contribution in [0.5, 0.6) is 0 Å². The lowest BCUT2D eigenvalue weighted by atomic mass is 10.1. The van der Waals surface area contributed by atoms with Crippen LogP contribution >= 0.6 is 28.6 Å². The molecule has 1 N–H and O–H groups in total. The van der Waals surface area contributed by atoms with Crippen LogP contribution in [0.25, 0.3) is 0 Å². The van der Waals surface area contributed by atoms with Crippen LogP contribution in [0.15, 0.2) is 12.2 Å². The van der Waals surface area contributed by atoms with Gasteiger partial charge in [-0.05, 0) is 32.6 Å². The number of hydrogen-bond donors (Lipinski definition) is 2. The minimum atomic E-state index is -0.349. The summed E-state index contributed by atoms with van der Waals surface area (Å²) in [5, 5.41) is 10.2. The molecule has 0 aliphatic rings. The van der Waals surface area contributed by atoms with Gasteiger partial charge in [0, 0.05) is 16.5 Å². The van der Waals surface area contributed by atoms with Gasteiger partial charge in [-0.2, -0.15) is 12.6 Å². The number of rotatable bonds is 15. The number of hydrogen-bond acceptors (Lipinski definition) is 3. The molecule has 2 nitrogen and oxygen atoms in total. The summed E-state index contributed by atoms with van der Waals surface area (Å²) in [4.78, 5) is 11.2. The van der Waals surface area contributed by atoms with Crippen molar-refractivity contribution in [3.8, 4) is 0 Å². The van der Waals surface area contributed by atoms with Gasteiger partial charge in [0.15, 0.2) is 0 Å². The fourth-order valence-electron chi connectivity index (χ4n) is 2.48. The van der Waals surface area contributed by atoms with Crippen molar-refractivity contribution in [2.75, 3.05) is 0 Å². The lowest BCUT2D eigenvalue weighted by Crippen LogP contribution is -2.20. The van der Waals surface area contributed by atoms with Crippen LogP contribution in [0.2, 0.25) is 0 Å². The van der Waals surface area contributed by atoms with E-state index < -0.39 is 0 Å². The van der Waals surface area contributed by atoms with Crippen molar-refractivity contribution in [3.63, 3.8) is 0 Å². The van der Waals surface area contributed by atoms with Gasteiger partial charge in [0.25, 0.3) is 0 Å². The monoisotopic (exact) mass is 406 g/mol. The minimum absolute atomic E-state index is 0.0845. The van der Waals surface area contributed by atoms with Crippen LogP contribution in [0.3, 0.4) is 0 Å². The van der Waals surface area contributed by atoms with Crippen LogP contribution in [0, 0.1) is 0 Å². The molecular formula is C19H35BrO2S. The molecule has 136 valence electrons. The van der Waals surface area contributed by atoms with Gasteiger partial charge in [0.05, 0.1) is 6.10 Å². The Morgan fingerprint density at radius 2 is 1.78 bits per heavy atom. The molecule has 0 saturated carbocycles. The Morgan fingerprint density at radius 1 is 1.13 bits per heavy atom. The van der Waals surface area contributed by atoms with E-state index in [4.69, 9.17) is 0 Å². The largest absolute Gasteiger partial charge is 0.392 e. The van der Waals surface area contributed by atoms with Crippen molar-refractivity contribution in [2.45, 2.75) is 101 Å². The van der Waals surface area contributed by atoms with Gasteiger partial charge < -0.3 is 9.90 Å². The Labute approximate surface area is 157 Å². The quantitative estimate of drug-likeness (QED) is 0.154. The molecule has 0 aliphatic heterocycles. The summed E-state index contributed by atoms with van der Waals surface area (Å²) in [6.07, 6.45) is 15.5. The van der Waals surface area contributed by atoms with E-state index >= 15 is 0 Å². The molecule has 3 atom stereocenters. The van der Waals surface area contributed by atoms with E-state index in [9.17, 15) is 9.90 Å². The minimum Gasteiger partial charge on any atom is -0.392 e. The fourth-order valence-corrected chi connectivity index (χ4v) is 3.33. The highest BCUT2D eigenvalue weighted by atomic mass is 79.9. The lowest BCUT2D eigenvalue weighted by molar-refractivity contribution is -0.117. The maximum Gasteiger partial charge on any atom is 0.129 e. The standard InChI is InChI=1S/C19H35BrO2S/c1-3-4-7-15-19(23)18(22)14-10-13-17(20)12-9-6-5-8-11-16(2)21/h10,13,17-19,22-23H,3-9,11-12,14-15H2,1-2H3. The molecule has 0 amide bonds. The van der Waals surface area contributed by atoms with E-state index in [1.807, 2.05) is 0 Å². The normalized spacial score (nSPS) is 15.7. The highest BCUT2D eigenvalue weighted by molar-refractivity contribution is 9.09. The predicted molar refractivity (Wildman–Crippen MR) is 108 cm³/mol. The van der Waals surface area contributed by atoms with Gasteiger partial charge in [0.2, 0.25) is 0 Å². The summed E-state index contributed by atoms with van der Waals surface area (Å²) in [6, 6.07) is 0. The van der Waals surface area contributed by atoms with Gasteiger partial charge in [-0.15, -0.1) is 0 Å². The van der Waals surface area contributed by atoms with E-state index in [2.05, 4.69) is 47.6 Å². The molecule has 0 bridgehead atoms. The molecule has 0 heterocycles. The highest BCUT2D eigenvalue weighted by Crippen LogP contribution is 2.17. The molecule has 0 aromatic rings. The van der Waals surface area contributed by atoms with Gasteiger partial charge in [-0.1, -0.05) is 73.5 Å². The summed E-state index contributed by atoms with van der Waals surface area (Å²) in [5.41, 5.74) is 0. The molecule has 4 heteroatoms. The molecule has 0 saturated heterocycles. The maximum absolute atomic E-state index is 10.8. The molecule has 0 aliphatic carbocycles. The van der Waals surface area contributed by atoms with E-state index in [1.165, 1.54) is 25.7 Å². The summed E-state index contributed by atoms with van der Waals surface area (Å²) in [6.45, 7) is 3.85. The Hall–Kier alpha value is 0.200. The number of Topliss-reactive ketones (excluding diaryl/α,β-unsaturated/α-hetero) is 1. The molecule has 0 rings (SSSR count). The van der Waals surface area contributed by atoms with Gasteiger partial charge >= 0.3 is 0 Å². The predicted octanol–water partition coefficient (Wildman–Crippen LogP) is 5.87. The van der Waals surface area contributed by atoms with E-state index in [1.54, 1.807) is 6.92 Å². The number of allylic oxidation sites excluding steroid dienone is 1. The second kappa shape index (κ2) is 15.7. The second-order valence-corrected chi connectivity index (χ2v) is 8.30. The van der Waals surface area contributed by atoms with Crippen LogP contribution in [0.4, 0.5) is 0 Å². The molecule has 0 spiro atoms. The Balaban J connectivity index is 3.66. The lowest BCUT2D eigenvalue weighted by Gasteiger charge is -2.16. The third-order valence-electron chi connectivity index (χ3n) is 4.03. The zero-order valence-corrected chi connectivity index (χ0v) is 17.3. The van der Waals surface area contributed by atoms with E-state index in [-0.39, 0.29) is 11.4 Å². The Bertz CT molecular complexity index is 320. The Kier molecular flexibility index (Phi) is 15.8. The van der Waals surface area contributed by atoms with Gasteiger partial charge in [-0.3, -0.25) is 0 Å². The van der Waals surface area contributed by atoms with Crippen molar-refractivity contribution in [3.05, 3.63) is 12.2 Å². The molecule has 0 aromatic carbocycles. The number of aliphatic hydroxyl groups excluding tert-OH is 1. The number of carbonyl (C=O) groups excluding carboxylic acids is 1. The fraction of sp³-hybridized carbons (Fsp3) is 0.842. The third kappa shape index (κ3) is 15.5. The number of unbranched alkanes of at least 4 members (excludes halogenated alkanes) is 5. The van der Waals surface area contributed by atoms with Crippen molar-refractivity contribution in [1.29, 1.82) is 0 Å². The zero-order chi connectivity index (χ0) is 17.5. The molecule has 23 heavy (non-hydrogen) atoms. The summed E-state index contributed by atoms with van der Waals surface area (Å²) in [7, 11) is 0. The summed E-state index contributed by atoms with van der Waals surface area (Å²) < 4.78 is 0. The SMILES string of the molecule is CCCCCC(S)C(O)CC=CC(Br)CCCCCCC(C)=O. The number of alkyl halides is 1. The summed E-state index contributed by atoms with van der Waals surface area (Å²) in [5.74, 6) is 0.294. The number of aliphatic hydroxyl groups is 1. The molecule has 0 fully saturated rings. The molecule has 3 unspecified atom stereocenters. The van der Waals surface area contributed by atoms with Gasteiger partial charge in [0.1, 0.15) is 5.78 Å². The van der Waals surface area contributed by atoms with Crippen LogP contribution in [0.1, 0.15) is 84.5 Å². The summed E-state index contributed by atoms with van der Waals surface area (Å²) >= 11 is 8.17. The average molecular weight is 407 g/mol. The van der Waals surface area contributed by atoms with E-state index in [0.29, 0.717) is 17.0 Å².